The molecule has 0 aliphatic heterocycles. The number of alkyl halides is 3. The first-order valence-electron chi connectivity index (χ1n) is 5.99. The van der Waals surface area contributed by atoms with E-state index in [0.29, 0.717) is 0 Å². The topological polar surface area (TPSA) is 76.1 Å². The predicted molar refractivity (Wildman–Crippen MR) is 76.0 cm³/mol. The Morgan fingerprint density at radius 2 is 1.50 bits per heavy atom. The van der Waals surface area contributed by atoms with Crippen molar-refractivity contribution >= 4 is 46.7 Å². The average Bonchev–Trinajstić information content (AvgIpc) is 2.27. The van der Waals surface area contributed by atoms with Gasteiger partial charge in [-0.25, -0.2) is 0 Å². The van der Waals surface area contributed by atoms with Gasteiger partial charge in [0, 0.05) is 6.54 Å². The molecule has 20 heavy (non-hydrogen) atoms. The number of nitrogens with zero attached hydrogens (tertiary/aromatic N) is 1. The van der Waals surface area contributed by atoms with Crippen LogP contribution in [0.3, 0.4) is 0 Å². The molecule has 1 N–H and O–H groups in total. The molecule has 1 atom stereocenters. The molecule has 6 nitrogen and oxygen atoms in total. The van der Waals surface area contributed by atoms with Crippen LogP contribution in [0.1, 0.15) is 13.8 Å². The van der Waals surface area contributed by atoms with Gasteiger partial charge in [0.15, 0.2) is 0 Å². The van der Waals surface area contributed by atoms with Crippen LogP contribution in [-0.4, -0.2) is 64.7 Å². The van der Waals surface area contributed by atoms with Gasteiger partial charge in [0.05, 0.1) is 26.3 Å². The minimum Gasteiger partial charge on any atom is -0.465 e. The standard InChI is InChI=1S/C11H18Cl3NO5/c1-3-19-9(17)6-15(7-10(18)20-4-2)5-8(16)11(12,13)14/h8,16H,3-7H2,1-2H3. The molecule has 0 aromatic heterocycles. The summed E-state index contributed by atoms with van der Waals surface area (Å²) in [4.78, 5) is 24.1. The summed E-state index contributed by atoms with van der Waals surface area (Å²) in [5, 5.41) is 9.70. The second-order valence-electron chi connectivity index (χ2n) is 3.84. The summed E-state index contributed by atoms with van der Waals surface area (Å²) < 4.78 is 7.62. The lowest BCUT2D eigenvalue weighted by atomic mass is 10.3. The van der Waals surface area contributed by atoms with Crippen LogP contribution in [0, 0.1) is 0 Å². The molecule has 0 radical (unpaired) electrons. The normalized spacial score (nSPS) is 13.2. The zero-order valence-corrected chi connectivity index (χ0v) is 13.5. The smallest absolute Gasteiger partial charge is 0.320 e. The quantitative estimate of drug-likeness (QED) is 0.523. The second kappa shape index (κ2) is 9.63. The maximum atomic E-state index is 11.4. The Morgan fingerprint density at radius 3 is 1.80 bits per heavy atom. The maximum absolute atomic E-state index is 11.4. The molecule has 1 unspecified atom stereocenters. The third-order valence-corrected chi connectivity index (χ3v) is 2.88. The summed E-state index contributed by atoms with van der Waals surface area (Å²) in [6.07, 6.45) is -1.36. The van der Waals surface area contributed by atoms with Crippen molar-refractivity contribution in [2.24, 2.45) is 0 Å². The lowest BCUT2D eigenvalue weighted by Crippen LogP contribution is -2.44. The van der Waals surface area contributed by atoms with Gasteiger partial charge in [-0.1, -0.05) is 34.8 Å². The number of carbonyl (C=O) groups is 2. The van der Waals surface area contributed by atoms with Crippen molar-refractivity contribution in [2.75, 3.05) is 32.8 Å². The largest absolute Gasteiger partial charge is 0.465 e. The van der Waals surface area contributed by atoms with Crippen molar-refractivity contribution in [3.63, 3.8) is 0 Å². The van der Waals surface area contributed by atoms with E-state index in [4.69, 9.17) is 44.3 Å². The van der Waals surface area contributed by atoms with Gasteiger partial charge >= 0.3 is 11.9 Å². The van der Waals surface area contributed by atoms with Gasteiger partial charge in [-0.05, 0) is 13.8 Å². The number of carbonyl (C=O) groups excluding carboxylic acids is 2. The zero-order valence-electron chi connectivity index (χ0n) is 11.3. The molecular weight excluding hydrogens is 332 g/mol. The van der Waals surface area contributed by atoms with E-state index in [2.05, 4.69) is 0 Å². The van der Waals surface area contributed by atoms with Gasteiger partial charge in [0.25, 0.3) is 0 Å². The minimum atomic E-state index is -1.92. The van der Waals surface area contributed by atoms with Crippen molar-refractivity contribution in [1.82, 2.24) is 4.90 Å². The van der Waals surface area contributed by atoms with E-state index in [1.54, 1.807) is 13.8 Å². The van der Waals surface area contributed by atoms with Crippen molar-refractivity contribution in [1.29, 1.82) is 0 Å². The summed E-state index contributed by atoms with van der Waals surface area (Å²) >= 11 is 16.6. The summed E-state index contributed by atoms with van der Waals surface area (Å²) in [7, 11) is 0. The fourth-order valence-electron chi connectivity index (χ4n) is 1.31. The molecule has 0 fully saturated rings. The van der Waals surface area contributed by atoms with E-state index < -0.39 is 21.8 Å². The number of ether oxygens (including phenoxy) is 2. The van der Waals surface area contributed by atoms with Crippen molar-refractivity contribution in [2.45, 2.75) is 23.7 Å². The Kier molecular flexibility index (Phi) is 9.50. The molecule has 0 aromatic rings. The number of hydrogen-bond donors (Lipinski definition) is 1. The molecule has 0 spiro atoms. The highest BCUT2D eigenvalue weighted by molar-refractivity contribution is 6.68. The van der Waals surface area contributed by atoms with Crippen LogP contribution < -0.4 is 0 Å². The van der Waals surface area contributed by atoms with E-state index in [1.807, 2.05) is 0 Å². The number of hydrogen-bond acceptors (Lipinski definition) is 6. The lowest BCUT2D eigenvalue weighted by Gasteiger charge is -2.26. The molecule has 0 amide bonds. The van der Waals surface area contributed by atoms with Crippen LogP contribution in [0.5, 0.6) is 0 Å². The van der Waals surface area contributed by atoms with Crippen molar-refractivity contribution < 1.29 is 24.2 Å². The van der Waals surface area contributed by atoms with Crippen LogP contribution in [-0.2, 0) is 19.1 Å². The number of halogens is 3. The summed E-state index contributed by atoms with van der Waals surface area (Å²) in [5.74, 6) is -1.10. The monoisotopic (exact) mass is 349 g/mol. The summed E-state index contributed by atoms with van der Waals surface area (Å²) in [5.41, 5.74) is 0. The van der Waals surface area contributed by atoms with Crippen LogP contribution in [0.4, 0.5) is 0 Å². The van der Waals surface area contributed by atoms with E-state index in [-0.39, 0.29) is 32.8 Å². The highest BCUT2D eigenvalue weighted by Gasteiger charge is 2.33. The average molecular weight is 351 g/mol. The molecule has 0 aliphatic carbocycles. The Balaban J connectivity index is 4.61. The van der Waals surface area contributed by atoms with Crippen LogP contribution in [0.15, 0.2) is 0 Å². The molecule has 0 saturated carbocycles. The van der Waals surface area contributed by atoms with E-state index >= 15 is 0 Å². The van der Waals surface area contributed by atoms with Crippen LogP contribution in [0.2, 0.25) is 0 Å². The van der Waals surface area contributed by atoms with Gasteiger partial charge in [0.1, 0.15) is 6.10 Å². The number of rotatable bonds is 8. The molecule has 9 heteroatoms. The third kappa shape index (κ3) is 8.81. The Labute approximate surface area is 132 Å². The maximum Gasteiger partial charge on any atom is 0.320 e. The van der Waals surface area contributed by atoms with Crippen LogP contribution >= 0.6 is 34.8 Å². The lowest BCUT2D eigenvalue weighted by molar-refractivity contribution is -0.148. The van der Waals surface area contributed by atoms with Gasteiger partial charge < -0.3 is 14.6 Å². The van der Waals surface area contributed by atoms with Crippen molar-refractivity contribution in [3.8, 4) is 0 Å². The molecule has 0 bridgehead atoms. The van der Waals surface area contributed by atoms with Crippen molar-refractivity contribution in [3.05, 3.63) is 0 Å². The highest BCUT2D eigenvalue weighted by atomic mass is 35.6. The fourth-order valence-corrected chi connectivity index (χ4v) is 1.52. The third-order valence-electron chi connectivity index (χ3n) is 2.13. The Morgan fingerprint density at radius 1 is 1.10 bits per heavy atom. The summed E-state index contributed by atoms with van der Waals surface area (Å²) in [6.45, 7) is 3.11. The molecule has 0 rings (SSSR count). The van der Waals surface area contributed by atoms with Gasteiger partial charge in [-0.3, -0.25) is 14.5 Å². The van der Waals surface area contributed by atoms with E-state index in [9.17, 15) is 14.7 Å². The second-order valence-corrected chi connectivity index (χ2v) is 6.21. The Hall–Kier alpha value is -0.270. The predicted octanol–water partition coefficient (Wildman–Crippen LogP) is 1.15. The molecule has 0 aromatic carbocycles. The fraction of sp³-hybridized carbons (Fsp3) is 0.818. The summed E-state index contributed by atoms with van der Waals surface area (Å²) in [6, 6.07) is 0. The SMILES string of the molecule is CCOC(=O)CN(CC(=O)OCC)CC(O)C(Cl)(Cl)Cl. The Bertz CT molecular complexity index is 302. The van der Waals surface area contributed by atoms with Gasteiger partial charge in [-0.15, -0.1) is 0 Å². The molecule has 0 aliphatic rings. The number of aliphatic hydroxyl groups is 1. The first-order chi connectivity index (χ1) is 9.20. The zero-order chi connectivity index (χ0) is 15.8. The first kappa shape index (κ1) is 19.7. The number of esters is 2. The molecular formula is C11H18Cl3NO5. The minimum absolute atomic E-state index is 0.186. The molecule has 118 valence electrons. The first-order valence-corrected chi connectivity index (χ1v) is 7.12. The highest BCUT2D eigenvalue weighted by Crippen LogP contribution is 2.30. The van der Waals surface area contributed by atoms with Crippen LogP contribution in [0.25, 0.3) is 0 Å². The molecule has 0 saturated heterocycles. The molecule has 0 heterocycles. The van der Waals surface area contributed by atoms with Gasteiger partial charge in [0.2, 0.25) is 3.79 Å². The van der Waals surface area contributed by atoms with E-state index in [0.717, 1.165) is 0 Å². The number of aliphatic hydroxyl groups excluding tert-OH is 1. The van der Waals surface area contributed by atoms with Gasteiger partial charge in [-0.2, -0.15) is 0 Å². The van der Waals surface area contributed by atoms with E-state index in [1.165, 1.54) is 4.90 Å².